The highest BCUT2D eigenvalue weighted by Crippen LogP contribution is 2.37. The maximum Gasteiger partial charge on any atom is 0.414 e. The van der Waals surface area contributed by atoms with Gasteiger partial charge in [-0.2, -0.15) is 13.2 Å². The summed E-state index contributed by atoms with van der Waals surface area (Å²) in [6.45, 7) is 3.28. The Kier molecular flexibility index (Phi) is 17.8. The Morgan fingerprint density at radius 3 is 2.02 bits per heavy atom. The molecule has 4 nitrogen and oxygen atoms in total. The van der Waals surface area contributed by atoms with E-state index in [1.807, 2.05) is 24.4 Å². The number of unbranched alkanes of at least 4 members (excludes halogenated alkanes) is 10. The third-order valence-corrected chi connectivity index (χ3v) is 9.24. The summed E-state index contributed by atoms with van der Waals surface area (Å²) in [6.07, 6.45) is 13.4. The molecule has 0 saturated carbocycles. The molecule has 0 fully saturated rings. The van der Waals surface area contributed by atoms with Gasteiger partial charge in [-0.1, -0.05) is 126 Å². The molecular formula is C41H56F3NO3. The Labute approximate surface area is 286 Å². The molecule has 7 heteroatoms. The number of pyridine rings is 1. The highest BCUT2D eigenvalue weighted by Gasteiger charge is 2.36. The van der Waals surface area contributed by atoms with Gasteiger partial charge in [0.25, 0.3) is 0 Å². The van der Waals surface area contributed by atoms with Gasteiger partial charge in [0.15, 0.2) is 6.10 Å². The largest absolute Gasteiger partial charge is 0.481 e. The van der Waals surface area contributed by atoms with Gasteiger partial charge in [-0.05, 0) is 79.7 Å². The Balaban J connectivity index is 1.68. The molecule has 0 amide bonds. The van der Waals surface area contributed by atoms with Gasteiger partial charge in [0, 0.05) is 30.5 Å². The zero-order valence-electron chi connectivity index (χ0n) is 29.1. The molecular weight excluding hydrogens is 611 g/mol. The number of ether oxygens (including phenoxy) is 1. The van der Waals surface area contributed by atoms with Gasteiger partial charge in [-0.15, -0.1) is 0 Å². The first-order valence-electron chi connectivity index (χ1n) is 18.2. The monoisotopic (exact) mass is 667 g/mol. The Morgan fingerprint density at radius 2 is 1.42 bits per heavy atom. The second-order valence-electron chi connectivity index (χ2n) is 13.2. The van der Waals surface area contributed by atoms with Crippen LogP contribution in [0.15, 0.2) is 66.9 Å². The lowest BCUT2D eigenvalue weighted by molar-refractivity contribution is -0.214. The normalized spacial score (nSPS) is 13.0. The average Bonchev–Trinajstić information content (AvgIpc) is 3.08. The predicted molar refractivity (Wildman–Crippen MR) is 190 cm³/mol. The predicted octanol–water partition coefficient (Wildman–Crippen LogP) is 12.4. The van der Waals surface area contributed by atoms with Crippen molar-refractivity contribution in [3.63, 3.8) is 0 Å². The van der Waals surface area contributed by atoms with Crippen molar-refractivity contribution >= 4 is 5.97 Å². The van der Waals surface area contributed by atoms with Crippen molar-refractivity contribution in [3.05, 3.63) is 78.1 Å². The second kappa shape index (κ2) is 21.7. The summed E-state index contributed by atoms with van der Waals surface area (Å²) < 4.78 is 43.9. The molecule has 2 unspecified atom stereocenters. The Morgan fingerprint density at radius 1 is 0.771 bits per heavy atom. The third-order valence-electron chi connectivity index (χ3n) is 9.24. The fourth-order valence-electron chi connectivity index (χ4n) is 6.29. The first-order chi connectivity index (χ1) is 23.2. The molecule has 0 aliphatic carbocycles. The average molecular weight is 668 g/mol. The van der Waals surface area contributed by atoms with Crippen LogP contribution >= 0.6 is 0 Å². The highest BCUT2D eigenvalue weighted by molar-refractivity contribution is 5.83. The van der Waals surface area contributed by atoms with E-state index in [2.05, 4.69) is 49.4 Å². The fourth-order valence-corrected chi connectivity index (χ4v) is 6.29. The summed E-state index contributed by atoms with van der Waals surface area (Å²) in [5.74, 6) is -0.860. The number of halogens is 3. The molecule has 0 saturated heterocycles. The van der Waals surface area contributed by atoms with Gasteiger partial charge >= 0.3 is 12.1 Å². The van der Waals surface area contributed by atoms with Crippen molar-refractivity contribution in [1.82, 2.24) is 4.98 Å². The minimum atomic E-state index is -4.39. The maximum atomic E-state index is 12.9. The molecule has 0 bridgehead atoms. The van der Waals surface area contributed by atoms with E-state index in [4.69, 9.17) is 9.72 Å². The number of alkyl halides is 3. The quantitative estimate of drug-likeness (QED) is 0.0966. The first kappa shape index (κ1) is 39.3. The SMILES string of the molecule is CCCCCCCCCCCCCc1ccc(-c2cc(C(CCCOC(C)C(F)(F)F)CCCC(=O)O)ccc2-c2ccccc2)cn1. The zero-order valence-corrected chi connectivity index (χ0v) is 29.1. The molecule has 2 atom stereocenters. The third kappa shape index (κ3) is 14.5. The van der Waals surface area contributed by atoms with Crippen LogP contribution in [0.1, 0.15) is 134 Å². The molecule has 264 valence electrons. The fraction of sp³-hybridized carbons (Fsp3) is 0.561. The molecule has 3 aromatic rings. The number of carboxylic acids is 1. The molecule has 1 aromatic heterocycles. The zero-order chi connectivity index (χ0) is 34.6. The highest BCUT2D eigenvalue weighted by atomic mass is 19.4. The molecule has 48 heavy (non-hydrogen) atoms. The summed E-state index contributed by atoms with van der Waals surface area (Å²) in [7, 11) is 0. The Bertz CT molecular complexity index is 1310. The van der Waals surface area contributed by atoms with Crippen molar-refractivity contribution in [2.24, 2.45) is 0 Å². The number of rotatable bonds is 24. The number of hydrogen-bond acceptors (Lipinski definition) is 3. The number of carbonyl (C=O) groups is 1. The summed E-state index contributed by atoms with van der Waals surface area (Å²) in [5, 5.41) is 9.23. The van der Waals surface area contributed by atoms with E-state index >= 15 is 0 Å². The number of aryl methyl sites for hydroxylation is 1. The number of nitrogens with zero attached hydrogens (tertiary/aromatic N) is 1. The van der Waals surface area contributed by atoms with Gasteiger partial charge in [-0.3, -0.25) is 9.78 Å². The summed E-state index contributed by atoms with van der Waals surface area (Å²) in [5.41, 5.74) is 6.34. The minimum absolute atomic E-state index is 0.00439. The molecule has 0 aliphatic rings. The molecule has 3 rings (SSSR count). The van der Waals surface area contributed by atoms with Crippen LogP contribution < -0.4 is 0 Å². The summed E-state index contributed by atoms with van der Waals surface area (Å²) in [6, 6.07) is 20.8. The number of aromatic nitrogens is 1. The lowest BCUT2D eigenvalue weighted by Crippen LogP contribution is -2.28. The van der Waals surface area contributed by atoms with Gasteiger partial charge < -0.3 is 9.84 Å². The molecule has 2 aromatic carbocycles. The number of benzene rings is 2. The van der Waals surface area contributed by atoms with Gasteiger partial charge in [0.1, 0.15) is 0 Å². The van der Waals surface area contributed by atoms with Crippen molar-refractivity contribution < 1.29 is 27.8 Å². The van der Waals surface area contributed by atoms with Crippen LogP contribution in [0.2, 0.25) is 0 Å². The van der Waals surface area contributed by atoms with Crippen molar-refractivity contribution in [2.45, 2.75) is 141 Å². The lowest BCUT2D eigenvalue weighted by atomic mass is 9.85. The molecule has 1 N–H and O–H groups in total. The maximum absolute atomic E-state index is 12.9. The summed E-state index contributed by atoms with van der Waals surface area (Å²) in [4.78, 5) is 16.1. The van der Waals surface area contributed by atoms with Crippen LogP contribution in [-0.4, -0.2) is 34.9 Å². The van der Waals surface area contributed by atoms with Crippen LogP contribution in [-0.2, 0) is 16.0 Å². The van der Waals surface area contributed by atoms with Crippen molar-refractivity contribution in [3.8, 4) is 22.3 Å². The van der Waals surface area contributed by atoms with Crippen LogP contribution in [0, 0.1) is 0 Å². The van der Waals surface area contributed by atoms with E-state index < -0.39 is 18.2 Å². The van der Waals surface area contributed by atoms with E-state index in [1.165, 1.54) is 64.2 Å². The van der Waals surface area contributed by atoms with E-state index in [0.717, 1.165) is 53.3 Å². The van der Waals surface area contributed by atoms with E-state index in [1.54, 1.807) is 0 Å². The van der Waals surface area contributed by atoms with Crippen LogP contribution in [0.25, 0.3) is 22.3 Å². The van der Waals surface area contributed by atoms with Gasteiger partial charge in [-0.25, -0.2) is 0 Å². The smallest absolute Gasteiger partial charge is 0.414 e. The van der Waals surface area contributed by atoms with E-state index in [-0.39, 0.29) is 18.9 Å². The van der Waals surface area contributed by atoms with Crippen LogP contribution in [0.4, 0.5) is 13.2 Å². The summed E-state index contributed by atoms with van der Waals surface area (Å²) >= 11 is 0. The minimum Gasteiger partial charge on any atom is -0.481 e. The number of carboxylic acid groups (broad SMARTS) is 1. The van der Waals surface area contributed by atoms with Crippen LogP contribution in [0.3, 0.4) is 0 Å². The van der Waals surface area contributed by atoms with Crippen molar-refractivity contribution in [1.29, 1.82) is 0 Å². The first-order valence-corrected chi connectivity index (χ1v) is 18.2. The van der Waals surface area contributed by atoms with Gasteiger partial charge in [0.05, 0.1) is 0 Å². The topological polar surface area (TPSA) is 59.4 Å². The standard InChI is InChI=1S/C41H56F3NO3/c1-3-4-5-6-7-8-9-10-11-12-16-23-37-27-25-36(31-45-37)39-30-35(26-28-38(39)34-19-14-13-15-20-34)33(21-17-24-40(46)47)22-18-29-48-32(2)41(42,43)44/h13-15,19-20,25-28,30-33H,3-12,16-18,21-24,29H2,1-2H3,(H,46,47). The van der Waals surface area contributed by atoms with Gasteiger partial charge in [0.2, 0.25) is 0 Å². The molecule has 0 aliphatic heterocycles. The number of hydrogen-bond donors (Lipinski definition) is 1. The molecule has 0 spiro atoms. The van der Waals surface area contributed by atoms with E-state index in [9.17, 15) is 23.1 Å². The Hall–Kier alpha value is -3.19. The molecule has 1 heterocycles. The van der Waals surface area contributed by atoms with E-state index in [0.29, 0.717) is 25.7 Å². The molecule has 0 radical (unpaired) electrons. The van der Waals surface area contributed by atoms with Crippen molar-refractivity contribution in [2.75, 3.05) is 6.61 Å². The number of aliphatic carboxylic acids is 1. The lowest BCUT2D eigenvalue weighted by Gasteiger charge is -2.21. The van der Waals surface area contributed by atoms with Crippen LogP contribution in [0.5, 0.6) is 0 Å². The second-order valence-corrected chi connectivity index (χ2v) is 13.2.